The first-order valence-corrected chi connectivity index (χ1v) is 7.72. The van der Waals surface area contributed by atoms with E-state index in [0.29, 0.717) is 23.5 Å². The Morgan fingerprint density at radius 2 is 1.94 bits per heavy atom. The highest BCUT2D eigenvalue weighted by molar-refractivity contribution is 7.89. The van der Waals surface area contributed by atoms with Crippen molar-refractivity contribution in [1.82, 2.24) is 4.31 Å². The molecule has 0 amide bonds. The van der Waals surface area contributed by atoms with E-state index in [4.69, 9.17) is 5.73 Å². The van der Waals surface area contributed by atoms with Crippen LogP contribution in [0.2, 0.25) is 0 Å². The van der Waals surface area contributed by atoms with Gasteiger partial charge in [-0.3, -0.25) is 0 Å². The van der Waals surface area contributed by atoms with Crippen LogP contribution in [0.15, 0.2) is 23.1 Å². The third-order valence-corrected chi connectivity index (χ3v) is 4.93. The van der Waals surface area contributed by atoms with Crippen molar-refractivity contribution in [3.05, 3.63) is 23.8 Å². The number of aryl methyl sites for hydroxylation is 1. The van der Waals surface area contributed by atoms with Crippen molar-refractivity contribution in [1.29, 1.82) is 0 Å². The Balaban J connectivity index is 3.14. The third kappa shape index (κ3) is 3.23. The average molecular weight is 270 g/mol. The van der Waals surface area contributed by atoms with Crippen molar-refractivity contribution >= 4 is 15.7 Å². The molecule has 2 N–H and O–H groups in total. The maximum Gasteiger partial charge on any atom is 0.243 e. The summed E-state index contributed by atoms with van der Waals surface area (Å²) in [6, 6.07) is 5.08. The van der Waals surface area contributed by atoms with Crippen molar-refractivity contribution < 1.29 is 8.42 Å². The molecule has 1 rings (SSSR count). The fraction of sp³-hybridized carbons (Fsp3) is 0.538. The molecule has 0 fully saturated rings. The van der Waals surface area contributed by atoms with Gasteiger partial charge in [0, 0.05) is 19.3 Å². The number of nitrogen functional groups attached to an aromatic ring is 1. The fourth-order valence-electron chi connectivity index (χ4n) is 1.77. The Bertz CT molecular complexity index is 498. The minimum absolute atomic E-state index is 0.337. The highest BCUT2D eigenvalue weighted by Crippen LogP contribution is 2.22. The second-order valence-electron chi connectivity index (χ2n) is 4.40. The number of sulfonamides is 1. The first kappa shape index (κ1) is 15.0. The summed E-state index contributed by atoms with van der Waals surface area (Å²) in [5.74, 6) is 0. The first-order valence-electron chi connectivity index (χ1n) is 6.28. The summed E-state index contributed by atoms with van der Waals surface area (Å²) < 4.78 is 26.3. The summed E-state index contributed by atoms with van der Waals surface area (Å²) in [4.78, 5) is 0.337. The Hall–Kier alpha value is -1.07. The van der Waals surface area contributed by atoms with Gasteiger partial charge >= 0.3 is 0 Å². The van der Waals surface area contributed by atoms with E-state index >= 15 is 0 Å². The van der Waals surface area contributed by atoms with E-state index in [9.17, 15) is 8.42 Å². The van der Waals surface area contributed by atoms with E-state index in [-0.39, 0.29) is 0 Å². The largest absolute Gasteiger partial charge is 0.399 e. The van der Waals surface area contributed by atoms with E-state index in [1.54, 1.807) is 25.2 Å². The number of nitrogens with two attached hydrogens (primary N) is 1. The number of benzene rings is 1. The summed E-state index contributed by atoms with van der Waals surface area (Å²) >= 11 is 0. The average Bonchev–Trinajstić information content (AvgIpc) is 2.35. The van der Waals surface area contributed by atoms with Crippen LogP contribution in [0.4, 0.5) is 5.69 Å². The smallest absolute Gasteiger partial charge is 0.243 e. The zero-order chi connectivity index (χ0) is 13.8. The summed E-state index contributed by atoms with van der Waals surface area (Å²) in [6.45, 7) is 4.52. The van der Waals surface area contributed by atoms with Crippen molar-refractivity contribution in [2.45, 2.75) is 38.0 Å². The Morgan fingerprint density at radius 1 is 1.28 bits per heavy atom. The molecule has 0 heterocycles. The molecule has 0 saturated carbocycles. The van der Waals surface area contributed by atoms with Gasteiger partial charge in [-0.1, -0.05) is 26.3 Å². The highest BCUT2D eigenvalue weighted by atomic mass is 32.2. The number of nitrogens with zero attached hydrogens (tertiary/aromatic N) is 1. The quantitative estimate of drug-likeness (QED) is 0.806. The van der Waals surface area contributed by atoms with Gasteiger partial charge in [0.05, 0.1) is 4.90 Å². The molecule has 0 aliphatic rings. The second-order valence-corrected chi connectivity index (χ2v) is 6.41. The number of anilines is 1. The molecule has 0 radical (unpaired) electrons. The lowest BCUT2D eigenvalue weighted by atomic mass is 10.1. The summed E-state index contributed by atoms with van der Waals surface area (Å²) in [5, 5.41) is 0. The Labute approximate surface area is 110 Å². The molecule has 0 unspecified atom stereocenters. The standard InChI is InChI=1S/C13H22N2O2S/c1-4-6-9-15(3)18(16,17)13-10-12(14)8-7-11(13)5-2/h7-8,10H,4-6,9,14H2,1-3H3. The topological polar surface area (TPSA) is 63.4 Å². The van der Waals surface area contributed by atoms with Gasteiger partial charge in [0.2, 0.25) is 10.0 Å². The zero-order valence-corrected chi connectivity index (χ0v) is 12.1. The van der Waals surface area contributed by atoms with E-state index in [0.717, 1.165) is 18.4 Å². The number of hydrogen-bond donors (Lipinski definition) is 1. The first-order chi connectivity index (χ1) is 8.43. The zero-order valence-electron chi connectivity index (χ0n) is 11.3. The molecule has 0 aliphatic heterocycles. The molecular formula is C13H22N2O2S. The van der Waals surface area contributed by atoms with Crippen LogP contribution in [0.1, 0.15) is 32.3 Å². The van der Waals surface area contributed by atoms with Crippen LogP contribution in [-0.4, -0.2) is 26.3 Å². The van der Waals surface area contributed by atoms with Crippen LogP contribution in [0.3, 0.4) is 0 Å². The minimum Gasteiger partial charge on any atom is -0.399 e. The molecule has 102 valence electrons. The van der Waals surface area contributed by atoms with Crippen LogP contribution in [-0.2, 0) is 16.4 Å². The van der Waals surface area contributed by atoms with Crippen LogP contribution >= 0.6 is 0 Å². The van der Waals surface area contributed by atoms with Gasteiger partial charge in [-0.25, -0.2) is 12.7 Å². The van der Waals surface area contributed by atoms with Crippen molar-refractivity contribution in [2.75, 3.05) is 19.3 Å². The molecule has 4 nitrogen and oxygen atoms in total. The summed E-state index contributed by atoms with van der Waals surface area (Å²) in [7, 11) is -1.80. The maximum absolute atomic E-state index is 12.4. The van der Waals surface area contributed by atoms with E-state index in [1.807, 2.05) is 13.8 Å². The summed E-state index contributed by atoms with van der Waals surface area (Å²) in [5.41, 5.74) is 6.99. The van der Waals surface area contributed by atoms with Gasteiger partial charge in [-0.15, -0.1) is 0 Å². The van der Waals surface area contributed by atoms with Crippen LogP contribution in [0.5, 0.6) is 0 Å². The third-order valence-electron chi connectivity index (χ3n) is 2.99. The number of unbranched alkanes of at least 4 members (excludes halogenated alkanes) is 1. The molecule has 0 saturated heterocycles. The second kappa shape index (κ2) is 6.20. The predicted octanol–water partition coefficient (Wildman–Crippen LogP) is 2.25. The van der Waals surface area contributed by atoms with Gasteiger partial charge in [0.15, 0.2) is 0 Å². The van der Waals surface area contributed by atoms with Crippen molar-refractivity contribution in [3.63, 3.8) is 0 Å². The van der Waals surface area contributed by atoms with Gasteiger partial charge in [-0.05, 0) is 30.5 Å². The van der Waals surface area contributed by atoms with Gasteiger partial charge < -0.3 is 5.73 Å². The van der Waals surface area contributed by atoms with Crippen molar-refractivity contribution in [3.8, 4) is 0 Å². The Kier molecular flexibility index (Phi) is 5.16. The maximum atomic E-state index is 12.4. The van der Waals surface area contributed by atoms with Crippen LogP contribution < -0.4 is 5.73 Å². The van der Waals surface area contributed by atoms with Gasteiger partial charge in [0.1, 0.15) is 0 Å². The lowest BCUT2D eigenvalue weighted by molar-refractivity contribution is 0.458. The SMILES string of the molecule is CCCCN(C)S(=O)(=O)c1cc(N)ccc1CC. The number of hydrogen-bond acceptors (Lipinski definition) is 3. The minimum atomic E-state index is -3.42. The number of rotatable bonds is 6. The molecule has 5 heteroatoms. The van der Waals surface area contributed by atoms with Crippen LogP contribution in [0.25, 0.3) is 0 Å². The molecule has 18 heavy (non-hydrogen) atoms. The Morgan fingerprint density at radius 3 is 2.50 bits per heavy atom. The summed E-state index contributed by atoms with van der Waals surface area (Å²) in [6.07, 6.45) is 2.51. The molecule has 0 aliphatic carbocycles. The van der Waals surface area contributed by atoms with Crippen LogP contribution in [0, 0.1) is 0 Å². The molecule has 0 aromatic heterocycles. The molecule has 0 bridgehead atoms. The fourth-order valence-corrected chi connectivity index (χ4v) is 3.31. The predicted molar refractivity (Wildman–Crippen MR) is 75.0 cm³/mol. The van der Waals surface area contributed by atoms with Gasteiger partial charge in [-0.2, -0.15) is 0 Å². The molecule has 1 aromatic rings. The van der Waals surface area contributed by atoms with Crippen molar-refractivity contribution in [2.24, 2.45) is 0 Å². The highest BCUT2D eigenvalue weighted by Gasteiger charge is 2.23. The van der Waals surface area contributed by atoms with E-state index in [1.165, 1.54) is 4.31 Å². The molecule has 1 aromatic carbocycles. The normalized spacial score (nSPS) is 12.0. The van der Waals surface area contributed by atoms with E-state index in [2.05, 4.69) is 0 Å². The lowest BCUT2D eigenvalue weighted by Gasteiger charge is -2.19. The molecular weight excluding hydrogens is 248 g/mol. The molecule has 0 spiro atoms. The molecule has 0 atom stereocenters. The van der Waals surface area contributed by atoms with Gasteiger partial charge in [0.25, 0.3) is 0 Å². The lowest BCUT2D eigenvalue weighted by Crippen LogP contribution is -2.28. The van der Waals surface area contributed by atoms with E-state index < -0.39 is 10.0 Å². The monoisotopic (exact) mass is 270 g/mol.